The highest BCUT2D eigenvalue weighted by atomic mass is 35.5. The number of rotatable bonds is 6. The van der Waals surface area contributed by atoms with Crippen LogP contribution in [0.3, 0.4) is 0 Å². The molecule has 3 aromatic rings. The van der Waals surface area contributed by atoms with Crippen LogP contribution in [0.15, 0.2) is 77.5 Å². The van der Waals surface area contributed by atoms with Crippen molar-refractivity contribution < 1.29 is 19.1 Å². The van der Waals surface area contributed by atoms with Crippen molar-refractivity contribution >= 4 is 58.0 Å². The molecule has 7 nitrogen and oxygen atoms in total. The molecule has 0 bridgehead atoms. The summed E-state index contributed by atoms with van der Waals surface area (Å²) in [5.74, 6) is -1.32. The standard InChI is InChI=1S/C25H19Cl2N3O4/c1-14-9-10-20(34-2)19(11-14)30-24(32)21(27)22(25(30)33)28-17-7-3-5-15(12-17)23(31)29-18-8-4-6-16(26)13-18/h3-13,28H,1-2H3,(H,29,31). The van der Waals surface area contributed by atoms with E-state index in [2.05, 4.69) is 10.6 Å². The van der Waals surface area contributed by atoms with Crippen LogP contribution >= 0.6 is 23.2 Å². The number of methoxy groups -OCH3 is 1. The molecule has 0 atom stereocenters. The van der Waals surface area contributed by atoms with Crippen molar-refractivity contribution in [3.05, 3.63) is 93.6 Å². The molecule has 0 spiro atoms. The van der Waals surface area contributed by atoms with Crippen molar-refractivity contribution in [2.45, 2.75) is 6.92 Å². The van der Waals surface area contributed by atoms with Crippen LogP contribution in [0.5, 0.6) is 5.75 Å². The number of nitrogens with zero attached hydrogens (tertiary/aromatic N) is 1. The van der Waals surface area contributed by atoms with Gasteiger partial charge in [-0.2, -0.15) is 0 Å². The maximum atomic E-state index is 13.2. The van der Waals surface area contributed by atoms with Gasteiger partial charge < -0.3 is 15.4 Å². The first-order chi connectivity index (χ1) is 16.3. The van der Waals surface area contributed by atoms with E-state index >= 15 is 0 Å². The molecule has 0 unspecified atom stereocenters. The number of benzene rings is 3. The molecule has 3 amide bonds. The quantitative estimate of drug-likeness (QED) is 0.450. The molecule has 1 aliphatic rings. The second kappa shape index (κ2) is 9.59. The smallest absolute Gasteiger partial charge is 0.283 e. The monoisotopic (exact) mass is 495 g/mol. The zero-order chi connectivity index (χ0) is 24.4. The third kappa shape index (κ3) is 4.62. The van der Waals surface area contributed by atoms with Crippen LogP contribution in [0.25, 0.3) is 0 Å². The minimum atomic E-state index is -0.673. The number of nitrogens with one attached hydrogen (secondary N) is 2. The van der Waals surface area contributed by atoms with Gasteiger partial charge in [-0.25, -0.2) is 4.90 Å². The van der Waals surface area contributed by atoms with Crippen molar-refractivity contribution in [3.8, 4) is 5.75 Å². The molecule has 0 radical (unpaired) electrons. The minimum Gasteiger partial charge on any atom is -0.495 e. The predicted molar refractivity (Wildman–Crippen MR) is 133 cm³/mol. The number of ether oxygens (including phenoxy) is 1. The molecule has 4 rings (SSSR count). The van der Waals surface area contributed by atoms with Crippen molar-refractivity contribution in [2.24, 2.45) is 0 Å². The van der Waals surface area contributed by atoms with Crippen LogP contribution in [0, 0.1) is 6.92 Å². The predicted octanol–water partition coefficient (Wildman–Crippen LogP) is 5.35. The van der Waals surface area contributed by atoms with E-state index in [1.807, 2.05) is 13.0 Å². The number of hydrogen-bond donors (Lipinski definition) is 2. The normalized spacial score (nSPS) is 13.4. The average Bonchev–Trinajstić information content (AvgIpc) is 3.02. The van der Waals surface area contributed by atoms with Gasteiger partial charge >= 0.3 is 0 Å². The van der Waals surface area contributed by atoms with Gasteiger partial charge in [-0.1, -0.05) is 41.4 Å². The number of amides is 3. The Hall–Kier alpha value is -3.81. The molecule has 0 aliphatic carbocycles. The van der Waals surface area contributed by atoms with E-state index in [9.17, 15) is 14.4 Å². The maximum Gasteiger partial charge on any atom is 0.283 e. The van der Waals surface area contributed by atoms with Crippen molar-refractivity contribution in [1.82, 2.24) is 0 Å². The number of carbonyl (C=O) groups excluding carboxylic acids is 3. The number of halogens is 2. The summed E-state index contributed by atoms with van der Waals surface area (Å²) in [7, 11) is 1.45. The van der Waals surface area contributed by atoms with E-state index in [1.165, 1.54) is 7.11 Å². The van der Waals surface area contributed by atoms with Crippen LogP contribution in [0.4, 0.5) is 17.1 Å². The van der Waals surface area contributed by atoms with Gasteiger partial charge in [0.25, 0.3) is 17.7 Å². The molecule has 3 aromatic carbocycles. The van der Waals surface area contributed by atoms with Gasteiger partial charge in [-0.15, -0.1) is 0 Å². The number of carbonyl (C=O) groups is 3. The number of hydrogen-bond acceptors (Lipinski definition) is 5. The van der Waals surface area contributed by atoms with E-state index in [0.717, 1.165) is 10.5 Å². The fourth-order valence-corrected chi connectivity index (χ4v) is 3.86. The highest BCUT2D eigenvalue weighted by Crippen LogP contribution is 2.36. The van der Waals surface area contributed by atoms with Crippen LogP contribution in [-0.4, -0.2) is 24.8 Å². The summed E-state index contributed by atoms with van der Waals surface area (Å²) in [4.78, 5) is 39.6. The van der Waals surface area contributed by atoms with Crippen molar-refractivity contribution in [3.63, 3.8) is 0 Å². The SMILES string of the molecule is COc1ccc(C)cc1N1C(=O)C(Cl)=C(Nc2cccc(C(=O)Nc3cccc(Cl)c3)c2)C1=O. The number of imide groups is 1. The Morgan fingerprint density at radius 3 is 2.38 bits per heavy atom. The summed E-state index contributed by atoms with van der Waals surface area (Å²) < 4.78 is 5.32. The molecule has 9 heteroatoms. The Morgan fingerprint density at radius 2 is 1.65 bits per heavy atom. The van der Waals surface area contributed by atoms with Crippen LogP contribution in [0.1, 0.15) is 15.9 Å². The van der Waals surface area contributed by atoms with Crippen LogP contribution < -0.4 is 20.3 Å². The highest BCUT2D eigenvalue weighted by molar-refractivity contribution is 6.53. The first-order valence-electron chi connectivity index (χ1n) is 10.2. The minimum absolute atomic E-state index is 0.0948. The summed E-state index contributed by atoms with van der Waals surface area (Å²) in [6, 6.07) is 18.4. The lowest BCUT2D eigenvalue weighted by Crippen LogP contribution is -2.32. The molecule has 0 saturated carbocycles. The second-order valence-corrected chi connectivity index (χ2v) is 8.29. The fraction of sp³-hybridized carbons (Fsp3) is 0.0800. The first-order valence-corrected chi connectivity index (χ1v) is 10.9. The molecule has 172 valence electrons. The Bertz CT molecular complexity index is 1350. The third-order valence-corrected chi connectivity index (χ3v) is 5.66. The van der Waals surface area contributed by atoms with E-state index in [0.29, 0.717) is 33.4 Å². The largest absolute Gasteiger partial charge is 0.495 e. The van der Waals surface area contributed by atoms with Gasteiger partial charge in [0.1, 0.15) is 16.5 Å². The third-order valence-electron chi connectivity index (χ3n) is 5.08. The van der Waals surface area contributed by atoms with Gasteiger partial charge in [0, 0.05) is 22.0 Å². The molecule has 34 heavy (non-hydrogen) atoms. The van der Waals surface area contributed by atoms with Crippen molar-refractivity contribution in [1.29, 1.82) is 0 Å². The Labute approximate surface area is 205 Å². The van der Waals surface area contributed by atoms with Crippen LogP contribution in [-0.2, 0) is 9.59 Å². The van der Waals surface area contributed by atoms with Crippen molar-refractivity contribution in [2.75, 3.05) is 22.6 Å². The molecule has 1 aliphatic heterocycles. The van der Waals surface area contributed by atoms with Gasteiger partial charge in [0.15, 0.2) is 0 Å². The molecule has 1 heterocycles. The van der Waals surface area contributed by atoms with Gasteiger partial charge in [-0.3, -0.25) is 14.4 Å². The summed E-state index contributed by atoms with van der Waals surface area (Å²) in [6.45, 7) is 1.84. The summed E-state index contributed by atoms with van der Waals surface area (Å²) in [5, 5.41) is 5.88. The topological polar surface area (TPSA) is 87.7 Å². The maximum absolute atomic E-state index is 13.2. The fourth-order valence-electron chi connectivity index (χ4n) is 3.46. The van der Waals surface area contributed by atoms with Gasteiger partial charge in [0.05, 0.1) is 12.8 Å². The lowest BCUT2D eigenvalue weighted by atomic mass is 10.1. The van der Waals surface area contributed by atoms with Crippen LogP contribution in [0.2, 0.25) is 5.02 Å². The zero-order valence-corrected chi connectivity index (χ0v) is 19.7. The Kier molecular flexibility index (Phi) is 6.58. The molecule has 0 aromatic heterocycles. The second-order valence-electron chi connectivity index (χ2n) is 7.48. The van der Waals surface area contributed by atoms with E-state index < -0.39 is 11.8 Å². The summed E-state index contributed by atoms with van der Waals surface area (Å²) in [5.41, 5.74) is 2.32. The lowest BCUT2D eigenvalue weighted by molar-refractivity contribution is -0.120. The molecule has 0 fully saturated rings. The Morgan fingerprint density at radius 1 is 0.912 bits per heavy atom. The average molecular weight is 496 g/mol. The summed E-state index contributed by atoms with van der Waals surface area (Å²) in [6.07, 6.45) is 0. The molecule has 2 N–H and O–H groups in total. The number of anilines is 3. The molecular weight excluding hydrogens is 477 g/mol. The van der Waals surface area contributed by atoms with E-state index in [1.54, 1.807) is 60.7 Å². The Balaban J connectivity index is 1.57. The molecule has 0 saturated heterocycles. The van der Waals surface area contributed by atoms with E-state index in [4.69, 9.17) is 27.9 Å². The summed E-state index contributed by atoms with van der Waals surface area (Å²) >= 11 is 12.2. The highest BCUT2D eigenvalue weighted by Gasteiger charge is 2.40. The van der Waals surface area contributed by atoms with E-state index in [-0.39, 0.29) is 16.6 Å². The zero-order valence-electron chi connectivity index (χ0n) is 18.2. The van der Waals surface area contributed by atoms with Gasteiger partial charge in [-0.05, 0) is 61.0 Å². The number of aryl methyl sites for hydroxylation is 1. The lowest BCUT2D eigenvalue weighted by Gasteiger charge is -2.18. The van der Waals surface area contributed by atoms with Gasteiger partial charge in [0.2, 0.25) is 0 Å². The first kappa shape index (κ1) is 23.4. The molecular formula is C25H19Cl2N3O4.